The SMILES string of the molecule is CCOC(=O)Nc1ccc2c(c1)-c1ncnn1Cc1c(C(=O)O)ncn1-2. The molecule has 26 heavy (non-hydrogen) atoms. The van der Waals surface area contributed by atoms with Crippen molar-refractivity contribution >= 4 is 17.7 Å². The Bertz CT molecular complexity index is 1020. The zero-order valence-corrected chi connectivity index (χ0v) is 13.7. The molecule has 0 aliphatic carbocycles. The lowest BCUT2D eigenvalue weighted by Gasteiger charge is -2.11. The molecule has 1 aliphatic rings. The number of aromatic carboxylic acids is 1. The maximum absolute atomic E-state index is 11.7. The molecule has 0 atom stereocenters. The van der Waals surface area contributed by atoms with Crippen LogP contribution in [-0.4, -0.2) is 48.1 Å². The van der Waals surface area contributed by atoms with E-state index in [4.69, 9.17) is 4.74 Å². The Hall–Kier alpha value is -3.69. The second-order valence-electron chi connectivity index (χ2n) is 5.53. The number of aromatic nitrogens is 5. The number of carboxylic acid groups (broad SMARTS) is 1. The Morgan fingerprint density at radius 3 is 2.96 bits per heavy atom. The summed E-state index contributed by atoms with van der Waals surface area (Å²) in [7, 11) is 0. The molecule has 0 unspecified atom stereocenters. The number of hydrogen-bond donors (Lipinski definition) is 2. The summed E-state index contributed by atoms with van der Waals surface area (Å²) in [6.45, 7) is 2.20. The van der Waals surface area contributed by atoms with Crippen LogP contribution in [0.1, 0.15) is 23.1 Å². The van der Waals surface area contributed by atoms with E-state index in [-0.39, 0.29) is 18.8 Å². The third-order valence-corrected chi connectivity index (χ3v) is 4.00. The number of amides is 1. The largest absolute Gasteiger partial charge is 0.476 e. The molecule has 1 aliphatic heterocycles. The van der Waals surface area contributed by atoms with E-state index >= 15 is 0 Å². The fraction of sp³-hybridized carbons (Fsp3) is 0.188. The van der Waals surface area contributed by atoms with Gasteiger partial charge in [-0.2, -0.15) is 5.10 Å². The van der Waals surface area contributed by atoms with E-state index in [9.17, 15) is 14.7 Å². The first-order chi connectivity index (χ1) is 12.6. The highest BCUT2D eigenvalue weighted by Gasteiger charge is 2.26. The second kappa shape index (κ2) is 5.99. The van der Waals surface area contributed by atoms with E-state index < -0.39 is 12.1 Å². The highest BCUT2D eigenvalue weighted by atomic mass is 16.5. The normalized spacial score (nSPS) is 11.7. The number of benzene rings is 1. The lowest BCUT2D eigenvalue weighted by Crippen LogP contribution is -2.13. The van der Waals surface area contributed by atoms with Crippen LogP contribution in [0.2, 0.25) is 0 Å². The zero-order chi connectivity index (χ0) is 18.3. The summed E-state index contributed by atoms with van der Waals surface area (Å²) in [6.07, 6.45) is 2.30. The zero-order valence-electron chi connectivity index (χ0n) is 13.7. The van der Waals surface area contributed by atoms with Crippen molar-refractivity contribution in [2.75, 3.05) is 11.9 Å². The van der Waals surface area contributed by atoms with Gasteiger partial charge in [-0.15, -0.1) is 0 Å². The van der Waals surface area contributed by atoms with Crippen molar-refractivity contribution in [1.82, 2.24) is 24.3 Å². The van der Waals surface area contributed by atoms with Crippen molar-refractivity contribution in [3.63, 3.8) is 0 Å². The average molecular weight is 354 g/mol. The molecule has 2 N–H and O–H groups in total. The maximum atomic E-state index is 11.7. The van der Waals surface area contributed by atoms with Crippen LogP contribution in [0.15, 0.2) is 30.9 Å². The maximum Gasteiger partial charge on any atom is 0.411 e. The van der Waals surface area contributed by atoms with Gasteiger partial charge in [-0.3, -0.25) is 9.88 Å². The van der Waals surface area contributed by atoms with Crippen LogP contribution in [0.5, 0.6) is 0 Å². The molecule has 10 nitrogen and oxygen atoms in total. The van der Waals surface area contributed by atoms with Crippen molar-refractivity contribution in [2.24, 2.45) is 0 Å². The topological polar surface area (TPSA) is 124 Å². The summed E-state index contributed by atoms with van der Waals surface area (Å²) in [5.74, 6) is -0.544. The Labute approximate surface area is 147 Å². The van der Waals surface area contributed by atoms with Gasteiger partial charge in [0.1, 0.15) is 12.7 Å². The van der Waals surface area contributed by atoms with Crippen molar-refractivity contribution in [3.05, 3.63) is 42.2 Å². The predicted octanol–water partition coefficient (Wildman–Crippen LogP) is 1.76. The summed E-state index contributed by atoms with van der Waals surface area (Å²) in [4.78, 5) is 31.4. The molecule has 0 spiro atoms. The number of anilines is 1. The number of carbonyl (C=O) groups excluding carboxylic acids is 1. The molecule has 1 amide bonds. The van der Waals surface area contributed by atoms with Gasteiger partial charge in [0.15, 0.2) is 11.5 Å². The lowest BCUT2D eigenvalue weighted by molar-refractivity contribution is 0.0689. The van der Waals surface area contributed by atoms with Crippen LogP contribution in [0.4, 0.5) is 10.5 Å². The molecule has 10 heteroatoms. The van der Waals surface area contributed by atoms with Gasteiger partial charge in [-0.1, -0.05) is 0 Å². The minimum Gasteiger partial charge on any atom is -0.476 e. The number of fused-ring (bicyclic) bond motifs is 5. The molecule has 3 aromatic rings. The lowest BCUT2D eigenvalue weighted by atomic mass is 10.1. The number of imidazole rings is 1. The molecule has 0 fully saturated rings. The first-order valence-corrected chi connectivity index (χ1v) is 7.84. The Morgan fingerprint density at radius 2 is 2.19 bits per heavy atom. The molecule has 2 aromatic heterocycles. The monoisotopic (exact) mass is 354 g/mol. The number of ether oxygens (including phenoxy) is 1. The van der Waals surface area contributed by atoms with Crippen LogP contribution >= 0.6 is 0 Å². The van der Waals surface area contributed by atoms with E-state index in [0.29, 0.717) is 28.5 Å². The quantitative estimate of drug-likeness (QED) is 0.574. The molecule has 0 saturated carbocycles. The standard InChI is InChI=1S/C16H14N6O4/c1-2-26-16(25)20-9-3-4-11-10(5-9)14-17-7-19-22(14)6-12-13(15(23)24)18-8-21(11)12/h3-5,7-8H,2,6H2,1H3,(H,20,25)(H,23,24). The van der Waals surface area contributed by atoms with Gasteiger partial charge in [0.05, 0.1) is 24.5 Å². The van der Waals surface area contributed by atoms with E-state index in [2.05, 4.69) is 20.4 Å². The van der Waals surface area contributed by atoms with Gasteiger partial charge < -0.3 is 9.84 Å². The summed E-state index contributed by atoms with van der Waals surface area (Å²) >= 11 is 0. The minimum atomic E-state index is -1.11. The number of carboxylic acids is 1. The van der Waals surface area contributed by atoms with Crippen LogP contribution in [-0.2, 0) is 11.3 Å². The molecule has 3 heterocycles. The van der Waals surface area contributed by atoms with E-state index in [1.165, 1.54) is 12.7 Å². The Morgan fingerprint density at radius 1 is 1.35 bits per heavy atom. The van der Waals surface area contributed by atoms with Crippen LogP contribution in [0.3, 0.4) is 0 Å². The molecular formula is C16H14N6O4. The molecule has 4 rings (SSSR count). The number of nitrogens with one attached hydrogen (secondary N) is 1. The van der Waals surface area contributed by atoms with E-state index in [1.54, 1.807) is 34.4 Å². The third-order valence-electron chi connectivity index (χ3n) is 4.00. The van der Waals surface area contributed by atoms with E-state index in [0.717, 1.165) is 0 Å². The fourth-order valence-electron chi connectivity index (χ4n) is 2.93. The van der Waals surface area contributed by atoms with Crippen LogP contribution < -0.4 is 5.32 Å². The fourth-order valence-corrected chi connectivity index (χ4v) is 2.93. The Balaban J connectivity index is 1.86. The third kappa shape index (κ3) is 2.48. The number of hydrogen-bond acceptors (Lipinski definition) is 6. The predicted molar refractivity (Wildman–Crippen MR) is 89.3 cm³/mol. The van der Waals surface area contributed by atoms with Crippen molar-refractivity contribution in [1.29, 1.82) is 0 Å². The highest BCUT2D eigenvalue weighted by molar-refractivity contribution is 5.89. The smallest absolute Gasteiger partial charge is 0.411 e. The Kier molecular flexibility index (Phi) is 3.64. The number of rotatable bonds is 3. The average Bonchev–Trinajstić information content (AvgIpc) is 3.20. The second-order valence-corrected chi connectivity index (χ2v) is 5.53. The molecular weight excluding hydrogens is 340 g/mol. The van der Waals surface area contributed by atoms with Crippen molar-refractivity contribution in [2.45, 2.75) is 13.5 Å². The molecule has 0 bridgehead atoms. The van der Waals surface area contributed by atoms with Crippen molar-refractivity contribution < 1.29 is 19.4 Å². The van der Waals surface area contributed by atoms with Crippen LogP contribution in [0.25, 0.3) is 17.1 Å². The summed E-state index contributed by atoms with van der Waals surface area (Å²) in [5.41, 5.74) is 2.37. The van der Waals surface area contributed by atoms with Crippen molar-refractivity contribution in [3.8, 4) is 17.1 Å². The van der Waals surface area contributed by atoms with E-state index in [1.807, 2.05) is 0 Å². The van der Waals surface area contributed by atoms with Gasteiger partial charge in [-0.25, -0.2) is 24.2 Å². The molecule has 1 aromatic carbocycles. The first-order valence-electron chi connectivity index (χ1n) is 7.84. The number of carbonyl (C=O) groups is 2. The summed E-state index contributed by atoms with van der Waals surface area (Å²) in [6, 6.07) is 5.20. The first kappa shape index (κ1) is 15.8. The summed E-state index contributed by atoms with van der Waals surface area (Å²) < 4.78 is 8.19. The van der Waals surface area contributed by atoms with Gasteiger partial charge in [-0.05, 0) is 25.1 Å². The number of nitrogens with zero attached hydrogens (tertiary/aromatic N) is 5. The molecule has 0 saturated heterocycles. The van der Waals surface area contributed by atoms with Crippen LogP contribution in [0, 0.1) is 0 Å². The molecule has 0 radical (unpaired) electrons. The molecule has 132 valence electrons. The summed E-state index contributed by atoms with van der Waals surface area (Å²) in [5, 5.41) is 16.2. The van der Waals surface area contributed by atoms with Gasteiger partial charge in [0, 0.05) is 11.3 Å². The van der Waals surface area contributed by atoms with Gasteiger partial charge in [0.2, 0.25) is 0 Å². The highest BCUT2D eigenvalue weighted by Crippen LogP contribution is 2.33. The van der Waals surface area contributed by atoms with Gasteiger partial charge >= 0.3 is 12.1 Å². The minimum absolute atomic E-state index is 0.0342. The van der Waals surface area contributed by atoms with Gasteiger partial charge in [0.25, 0.3) is 0 Å².